The van der Waals surface area contributed by atoms with E-state index in [1.165, 1.54) is 26.0 Å². The van der Waals surface area contributed by atoms with E-state index in [-0.39, 0.29) is 64.1 Å². The molecule has 6 aliphatic rings. The van der Waals surface area contributed by atoms with Crippen LogP contribution in [0.2, 0.25) is 0 Å². The van der Waals surface area contributed by atoms with Gasteiger partial charge in [0.2, 0.25) is 5.78 Å². The number of phenols is 2. The quantitative estimate of drug-likeness (QED) is 0.277. The molecule has 3 aliphatic carbocycles. The Labute approximate surface area is 291 Å². The van der Waals surface area contributed by atoms with Crippen molar-refractivity contribution < 1.29 is 58.4 Å². The maximum atomic E-state index is 13.9. The molecule has 4 N–H and O–H groups in total. The van der Waals surface area contributed by atoms with E-state index in [9.17, 15) is 30.0 Å². The van der Waals surface area contributed by atoms with E-state index in [1.54, 1.807) is 26.2 Å². The van der Waals surface area contributed by atoms with Crippen molar-refractivity contribution >= 4 is 11.6 Å². The van der Waals surface area contributed by atoms with Crippen LogP contribution in [0.3, 0.4) is 0 Å². The zero-order valence-electron chi connectivity index (χ0n) is 29.1. The van der Waals surface area contributed by atoms with Gasteiger partial charge in [0.1, 0.15) is 23.4 Å². The zero-order chi connectivity index (χ0) is 35.6. The lowest BCUT2D eigenvalue weighted by molar-refractivity contribution is -0.256. The summed E-state index contributed by atoms with van der Waals surface area (Å²) in [6, 6.07) is 4.50. The van der Waals surface area contributed by atoms with Crippen LogP contribution in [0.4, 0.5) is 0 Å². The molecule has 8 rings (SSSR count). The number of aliphatic hydroxyl groups excluding tert-OH is 2. The lowest BCUT2D eigenvalue weighted by Crippen LogP contribution is -2.55. The van der Waals surface area contributed by atoms with Gasteiger partial charge in [0, 0.05) is 48.2 Å². The molecule has 50 heavy (non-hydrogen) atoms. The molecule has 3 saturated heterocycles. The first-order chi connectivity index (χ1) is 23.9. The second-order valence-electron chi connectivity index (χ2n) is 14.7. The first-order valence-corrected chi connectivity index (χ1v) is 17.4. The molecule has 6 unspecified atom stereocenters. The number of nitrogens with zero attached hydrogens (tertiary/aromatic N) is 1. The highest BCUT2D eigenvalue weighted by atomic mass is 16.7. The van der Waals surface area contributed by atoms with Gasteiger partial charge in [-0.05, 0) is 31.7 Å². The molecule has 3 heterocycles. The standard InChI is InChI=1S/C33H39NO12.C4H8/c1-14-30-17(34-8-9-43-32(42-4)31(34)46-30)10-21(44-14)45-19-12-33(2,20(36)13-35)11-16-23(19)29(40)25-24(27(16)38)26(37)15-6-5-7-18(41-3)22(15)28(25)39;1-4-2-3-4/h5-7,14,17,19-21,30-32,35-36,38,40H,8-13H2,1-4H3;4H,2-3H2,1H3/t14?,17?,19?,20-,21-,30?,31+,32?,33?;/m0./s1. The first kappa shape index (κ1) is 35.3. The fraction of sp³-hybridized carbons (Fsp3) is 0.622. The van der Waals surface area contributed by atoms with Crippen molar-refractivity contribution in [2.75, 3.05) is 34.0 Å². The van der Waals surface area contributed by atoms with Crippen LogP contribution in [-0.4, -0.2) is 114 Å². The molecule has 1 saturated carbocycles. The van der Waals surface area contributed by atoms with Crippen LogP contribution < -0.4 is 4.74 Å². The lowest BCUT2D eigenvalue weighted by Gasteiger charge is -2.45. The van der Waals surface area contributed by atoms with Crippen LogP contribution in [0.25, 0.3) is 0 Å². The zero-order valence-corrected chi connectivity index (χ0v) is 29.1. The summed E-state index contributed by atoms with van der Waals surface area (Å²) in [7, 11) is 2.95. The van der Waals surface area contributed by atoms with Gasteiger partial charge in [0.25, 0.3) is 0 Å². The summed E-state index contributed by atoms with van der Waals surface area (Å²) in [5.41, 5.74) is -1.33. The van der Waals surface area contributed by atoms with E-state index >= 15 is 0 Å². The van der Waals surface area contributed by atoms with Gasteiger partial charge >= 0.3 is 0 Å². The third-order valence-electron chi connectivity index (χ3n) is 11.3. The fourth-order valence-electron chi connectivity index (χ4n) is 8.20. The number of carbonyl (C=O) groups is 2. The summed E-state index contributed by atoms with van der Waals surface area (Å²) in [4.78, 5) is 29.9. The molecular formula is C37H47NO12. The minimum absolute atomic E-state index is 0.00262. The Hall–Kier alpha value is -3.14. The van der Waals surface area contributed by atoms with E-state index in [0.717, 1.165) is 5.92 Å². The van der Waals surface area contributed by atoms with E-state index in [1.807, 2.05) is 6.92 Å². The first-order valence-electron chi connectivity index (χ1n) is 17.4. The van der Waals surface area contributed by atoms with E-state index in [0.29, 0.717) is 19.6 Å². The summed E-state index contributed by atoms with van der Waals surface area (Å²) < 4.78 is 35.8. The van der Waals surface area contributed by atoms with Crippen molar-refractivity contribution in [3.05, 3.63) is 51.6 Å². The van der Waals surface area contributed by atoms with Gasteiger partial charge < -0.3 is 48.8 Å². The van der Waals surface area contributed by atoms with Crippen molar-refractivity contribution in [2.24, 2.45) is 11.3 Å². The average molecular weight is 698 g/mol. The monoisotopic (exact) mass is 697 g/mol. The van der Waals surface area contributed by atoms with Crippen LogP contribution >= 0.6 is 0 Å². The largest absolute Gasteiger partial charge is 0.507 e. The Bertz CT molecular complexity index is 1660. The van der Waals surface area contributed by atoms with E-state index < -0.39 is 72.2 Å². The molecule has 2 aromatic rings. The summed E-state index contributed by atoms with van der Waals surface area (Å²) >= 11 is 0. The molecule has 3 aliphatic heterocycles. The topological polar surface area (TPSA) is 174 Å². The number of hydrogen-bond acceptors (Lipinski definition) is 13. The Morgan fingerprint density at radius 1 is 1.04 bits per heavy atom. The van der Waals surface area contributed by atoms with E-state index in [2.05, 4.69) is 11.8 Å². The highest BCUT2D eigenvalue weighted by molar-refractivity contribution is 6.31. The summed E-state index contributed by atoms with van der Waals surface area (Å²) in [5.74, 6) is -1.01. The van der Waals surface area contributed by atoms with Crippen molar-refractivity contribution in [2.45, 2.75) is 102 Å². The van der Waals surface area contributed by atoms with Crippen LogP contribution in [0.15, 0.2) is 18.2 Å². The number of ketones is 2. The highest BCUT2D eigenvalue weighted by Crippen LogP contribution is 2.55. The normalized spacial score (nSPS) is 33.6. The van der Waals surface area contributed by atoms with Gasteiger partial charge in [-0.15, -0.1) is 0 Å². The van der Waals surface area contributed by atoms with Crippen LogP contribution in [0.1, 0.15) is 95.5 Å². The number of benzene rings is 2. The molecule has 272 valence electrons. The molecule has 0 bridgehead atoms. The van der Waals surface area contributed by atoms with Gasteiger partial charge in [-0.3, -0.25) is 14.5 Å². The summed E-state index contributed by atoms with van der Waals surface area (Å²) in [6.07, 6.45) is -1.15. The maximum Gasteiger partial charge on any atom is 0.202 e. The number of aliphatic hydroxyl groups is 2. The smallest absolute Gasteiger partial charge is 0.202 e. The van der Waals surface area contributed by atoms with Crippen molar-refractivity contribution in [3.8, 4) is 17.2 Å². The molecule has 13 nitrogen and oxygen atoms in total. The SMILES string of the molecule is CC1CC1.COc1cccc2c1C(=O)c1c(O)c3c(c(O)c1C2=O)CC(C)([C@@H](O)CO)CC3O[C@H]1CC2C(O[C@@H]3C(OC)OCCN23)C(C)O1. The maximum absolute atomic E-state index is 13.9. The molecular weight excluding hydrogens is 650 g/mol. The minimum atomic E-state index is -1.22. The second-order valence-corrected chi connectivity index (χ2v) is 14.7. The predicted octanol–water partition coefficient (Wildman–Crippen LogP) is 3.19. The van der Waals surface area contributed by atoms with E-state index in [4.69, 9.17) is 28.4 Å². The van der Waals surface area contributed by atoms with Crippen molar-refractivity contribution in [1.29, 1.82) is 0 Å². The molecule has 0 aromatic heterocycles. The fourth-order valence-corrected chi connectivity index (χ4v) is 8.20. The second kappa shape index (κ2) is 13.4. The van der Waals surface area contributed by atoms with Gasteiger partial charge in [0.05, 0.1) is 55.3 Å². The third-order valence-corrected chi connectivity index (χ3v) is 11.3. The molecule has 2 aromatic carbocycles. The summed E-state index contributed by atoms with van der Waals surface area (Å²) in [5, 5.41) is 44.5. The van der Waals surface area contributed by atoms with Gasteiger partial charge in [-0.25, -0.2) is 0 Å². The van der Waals surface area contributed by atoms with Crippen molar-refractivity contribution in [3.63, 3.8) is 0 Å². The molecule has 0 amide bonds. The number of methoxy groups -OCH3 is 2. The average Bonchev–Trinajstić information content (AvgIpc) is 3.80. The van der Waals surface area contributed by atoms with Gasteiger partial charge in [-0.2, -0.15) is 0 Å². The third kappa shape index (κ3) is 5.81. The molecule has 4 fully saturated rings. The molecule has 0 spiro atoms. The van der Waals surface area contributed by atoms with Crippen molar-refractivity contribution in [1.82, 2.24) is 4.90 Å². The number of phenolic OH excluding ortho intramolecular Hbond substituents is 2. The van der Waals surface area contributed by atoms with Crippen LogP contribution in [0.5, 0.6) is 17.2 Å². The Balaban J connectivity index is 0.000000916. The predicted molar refractivity (Wildman–Crippen MR) is 176 cm³/mol. The van der Waals surface area contributed by atoms with Gasteiger partial charge in [0.15, 0.2) is 24.6 Å². The number of aromatic hydroxyl groups is 2. The minimum Gasteiger partial charge on any atom is -0.507 e. The van der Waals surface area contributed by atoms with Crippen LogP contribution in [-0.2, 0) is 30.1 Å². The molecule has 0 radical (unpaired) electrons. The summed E-state index contributed by atoms with van der Waals surface area (Å²) in [6.45, 7) is 6.44. The van der Waals surface area contributed by atoms with Gasteiger partial charge in [-0.1, -0.05) is 38.8 Å². The Morgan fingerprint density at radius 2 is 1.76 bits per heavy atom. The number of rotatable bonds is 6. The molecule has 13 heteroatoms. The highest BCUT2D eigenvalue weighted by Gasteiger charge is 2.55. The number of morpholine rings is 1. The van der Waals surface area contributed by atoms with Crippen LogP contribution in [0, 0.1) is 11.3 Å². The number of hydrogen-bond donors (Lipinski definition) is 4. The lowest BCUT2D eigenvalue weighted by atomic mass is 9.66. The Morgan fingerprint density at radius 3 is 2.42 bits per heavy atom. The molecule has 9 atom stereocenters. The number of fused-ring (bicyclic) bond motifs is 6. The number of ether oxygens (including phenoxy) is 6. The Kier molecular flexibility index (Phi) is 9.48. The number of carbonyl (C=O) groups excluding carboxylic acids is 2.